The number of hydrogen-bond acceptors (Lipinski definition) is 4. The summed E-state index contributed by atoms with van der Waals surface area (Å²) in [4.78, 5) is 26.7. The molecule has 0 bridgehead atoms. The third kappa shape index (κ3) is 5.52. The van der Waals surface area contributed by atoms with Crippen LogP contribution in [0.5, 0.6) is 5.75 Å². The SMILES string of the molecule is COc1cccc(C(=O)NN(C(=O)c2cc(C)cc(C)c2)/C(=C/C#N)C(C)(C)C)c1C. The molecule has 1 N–H and O–H groups in total. The smallest absolute Gasteiger partial charge is 0.276 e. The van der Waals surface area contributed by atoms with Crippen molar-refractivity contribution in [3.05, 3.63) is 76.0 Å². The van der Waals surface area contributed by atoms with Gasteiger partial charge in [0.15, 0.2) is 0 Å². The normalized spacial score (nSPS) is 11.5. The van der Waals surface area contributed by atoms with E-state index < -0.39 is 17.2 Å². The van der Waals surface area contributed by atoms with Crippen molar-refractivity contribution in [1.82, 2.24) is 10.4 Å². The maximum atomic E-state index is 13.5. The lowest BCUT2D eigenvalue weighted by molar-refractivity contribution is 0.0610. The zero-order chi connectivity index (χ0) is 23.3. The Morgan fingerprint density at radius 1 is 1.10 bits per heavy atom. The summed E-state index contributed by atoms with van der Waals surface area (Å²) >= 11 is 0. The van der Waals surface area contributed by atoms with Gasteiger partial charge in [0, 0.05) is 28.2 Å². The number of hydrogen-bond donors (Lipinski definition) is 1. The lowest BCUT2D eigenvalue weighted by Gasteiger charge is -2.33. The first kappa shape index (κ1) is 23.7. The van der Waals surface area contributed by atoms with E-state index in [1.807, 2.05) is 46.8 Å². The van der Waals surface area contributed by atoms with E-state index in [1.54, 1.807) is 37.3 Å². The van der Waals surface area contributed by atoms with Gasteiger partial charge in [0.25, 0.3) is 11.8 Å². The first-order valence-corrected chi connectivity index (χ1v) is 9.97. The molecule has 0 aliphatic heterocycles. The van der Waals surface area contributed by atoms with Gasteiger partial charge < -0.3 is 4.74 Å². The van der Waals surface area contributed by atoms with Gasteiger partial charge in [-0.25, -0.2) is 5.01 Å². The lowest BCUT2D eigenvalue weighted by atomic mass is 9.90. The fourth-order valence-electron chi connectivity index (χ4n) is 3.37. The van der Waals surface area contributed by atoms with Crippen LogP contribution in [0.15, 0.2) is 48.2 Å². The number of hydrazine groups is 1. The van der Waals surface area contributed by atoms with Crippen LogP contribution < -0.4 is 10.2 Å². The molecule has 0 fully saturated rings. The van der Waals surface area contributed by atoms with Gasteiger partial charge in [-0.05, 0) is 45.0 Å². The maximum absolute atomic E-state index is 13.5. The second kappa shape index (κ2) is 9.48. The van der Waals surface area contributed by atoms with Crippen LogP contribution in [-0.2, 0) is 0 Å². The molecule has 2 aromatic rings. The van der Waals surface area contributed by atoms with Gasteiger partial charge in [-0.1, -0.05) is 44.0 Å². The molecule has 2 rings (SSSR count). The molecule has 31 heavy (non-hydrogen) atoms. The van der Waals surface area contributed by atoms with Crippen molar-refractivity contribution in [2.45, 2.75) is 41.5 Å². The van der Waals surface area contributed by atoms with E-state index in [9.17, 15) is 14.9 Å². The van der Waals surface area contributed by atoms with Gasteiger partial charge >= 0.3 is 0 Å². The van der Waals surface area contributed by atoms with Crippen molar-refractivity contribution in [2.75, 3.05) is 7.11 Å². The number of amides is 2. The monoisotopic (exact) mass is 419 g/mol. The lowest BCUT2D eigenvalue weighted by Crippen LogP contribution is -2.48. The Kier molecular flexibility index (Phi) is 7.24. The molecule has 0 heterocycles. The second-order valence-corrected chi connectivity index (χ2v) is 8.50. The highest BCUT2D eigenvalue weighted by Gasteiger charge is 2.31. The van der Waals surface area contributed by atoms with E-state index in [0.717, 1.165) is 11.1 Å². The van der Waals surface area contributed by atoms with E-state index in [4.69, 9.17) is 4.74 Å². The second-order valence-electron chi connectivity index (χ2n) is 8.50. The highest BCUT2D eigenvalue weighted by molar-refractivity contribution is 6.01. The molecule has 0 saturated heterocycles. The summed E-state index contributed by atoms with van der Waals surface area (Å²) in [6.07, 6.45) is 1.29. The number of benzene rings is 2. The molecule has 6 nitrogen and oxygen atoms in total. The van der Waals surface area contributed by atoms with Crippen LogP contribution in [0.3, 0.4) is 0 Å². The van der Waals surface area contributed by atoms with Gasteiger partial charge in [-0.3, -0.25) is 15.0 Å². The molecule has 0 aliphatic carbocycles. The Morgan fingerprint density at radius 3 is 2.23 bits per heavy atom. The van der Waals surface area contributed by atoms with Crippen molar-refractivity contribution >= 4 is 11.8 Å². The minimum absolute atomic E-state index is 0.378. The summed E-state index contributed by atoms with van der Waals surface area (Å²) in [5.41, 5.74) is 5.84. The first-order chi connectivity index (χ1) is 14.5. The zero-order valence-electron chi connectivity index (χ0n) is 19.2. The highest BCUT2D eigenvalue weighted by Crippen LogP contribution is 2.29. The van der Waals surface area contributed by atoms with Gasteiger partial charge in [0.05, 0.1) is 18.9 Å². The number of methoxy groups -OCH3 is 1. The third-order valence-electron chi connectivity index (χ3n) is 4.84. The Bertz CT molecular complexity index is 1050. The molecule has 0 aromatic heterocycles. The molecule has 6 heteroatoms. The largest absolute Gasteiger partial charge is 0.496 e. The Balaban J connectivity index is 2.57. The predicted molar refractivity (Wildman–Crippen MR) is 120 cm³/mol. The number of allylic oxidation sites excluding steroid dienone is 2. The Hall–Kier alpha value is -3.59. The van der Waals surface area contributed by atoms with E-state index in [-0.39, 0.29) is 0 Å². The van der Waals surface area contributed by atoms with Crippen LogP contribution >= 0.6 is 0 Å². The fourth-order valence-corrected chi connectivity index (χ4v) is 3.37. The molecule has 0 aliphatic rings. The number of aryl methyl sites for hydroxylation is 2. The topological polar surface area (TPSA) is 82.4 Å². The number of nitrogens with one attached hydrogen (secondary N) is 1. The molecular weight excluding hydrogens is 390 g/mol. The minimum Gasteiger partial charge on any atom is -0.496 e. The number of rotatable bonds is 4. The van der Waals surface area contributed by atoms with Crippen LogP contribution in [0.25, 0.3) is 0 Å². The molecule has 0 spiro atoms. The maximum Gasteiger partial charge on any atom is 0.276 e. The minimum atomic E-state index is -0.582. The number of nitrogens with zero attached hydrogens (tertiary/aromatic N) is 2. The standard InChI is InChI=1S/C25H29N3O3/c1-16-13-17(2)15-19(14-16)24(30)28(22(11-12-26)25(4,5)6)27-23(29)20-9-8-10-21(31-7)18(20)3/h8-11,13-15H,1-7H3,(H,27,29)/b22-11+. The Labute approximate surface area is 184 Å². The Morgan fingerprint density at radius 2 is 1.71 bits per heavy atom. The first-order valence-electron chi connectivity index (χ1n) is 9.97. The summed E-state index contributed by atoms with van der Waals surface area (Å²) in [5.74, 6) is -0.317. The fraction of sp³-hybridized carbons (Fsp3) is 0.320. The summed E-state index contributed by atoms with van der Waals surface area (Å²) < 4.78 is 5.31. The van der Waals surface area contributed by atoms with Gasteiger partial charge in [0.1, 0.15) is 5.75 Å². The molecule has 2 aromatic carbocycles. The molecule has 0 atom stereocenters. The average molecular weight is 420 g/mol. The van der Waals surface area contributed by atoms with Crippen molar-refractivity contribution in [1.29, 1.82) is 5.26 Å². The van der Waals surface area contributed by atoms with Gasteiger partial charge in [-0.15, -0.1) is 0 Å². The molecule has 0 radical (unpaired) electrons. The van der Waals surface area contributed by atoms with E-state index >= 15 is 0 Å². The molecule has 162 valence electrons. The summed E-state index contributed by atoms with van der Waals surface area (Å²) in [6, 6.07) is 12.6. The van der Waals surface area contributed by atoms with Crippen molar-refractivity contribution in [2.24, 2.45) is 5.41 Å². The predicted octanol–water partition coefficient (Wildman–Crippen LogP) is 4.86. The molecule has 2 amide bonds. The van der Waals surface area contributed by atoms with Crippen molar-refractivity contribution < 1.29 is 14.3 Å². The summed E-state index contributed by atoms with van der Waals surface area (Å²) in [7, 11) is 1.54. The molecule has 0 saturated carbocycles. The number of carbonyl (C=O) groups is 2. The van der Waals surface area contributed by atoms with Crippen molar-refractivity contribution in [3.8, 4) is 11.8 Å². The zero-order valence-corrected chi connectivity index (χ0v) is 19.2. The van der Waals surface area contributed by atoms with Crippen LogP contribution in [0.2, 0.25) is 0 Å². The quantitative estimate of drug-likeness (QED) is 0.567. The van der Waals surface area contributed by atoms with Crippen LogP contribution in [0.4, 0.5) is 0 Å². The van der Waals surface area contributed by atoms with E-state index in [0.29, 0.717) is 28.1 Å². The van der Waals surface area contributed by atoms with E-state index in [1.165, 1.54) is 18.2 Å². The third-order valence-corrected chi connectivity index (χ3v) is 4.84. The summed E-state index contributed by atoms with van der Waals surface area (Å²) in [6.45, 7) is 11.2. The van der Waals surface area contributed by atoms with E-state index in [2.05, 4.69) is 5.43 Å². The van der Waals surface area contributed by atoms with Crippen LogP contribution in [-0.4, -0.2) is 23.9 Å². The number of ether oxygens (including phenoxy) is 1. The van der Waals surface area contributed by atoms with Crippen LogP contribution in [0, 0.1) is 37.5 Å². The molecular formula is C25H29N3O3. The molecule has 0 unspecified atom stereocenters. The number of carbonyl (C=O) groups excluding carboxylic acids is 2. The number of nitriles is 1. The summed E-state index contributed by atoms with van der Waals surface area (Å²) in [5, 5.41) is 10.5. The highest BCUT2D eigenvalue weighted by atomic mass is 16.5. The average Bonchev–Trinajstić information content (AvgIpc) is 2.68. The van der Waals surface area contributed by atoms with Gasteiger partial charge in [0.2, 0.25) is 0 Å². The van der Waals surface area contributed by atoms with Crippen LogP contribution in [0.1, 0.15) is 58.2 Å². The van der Waals surface area contributed by atoms with Crippen molar-refractivity contribution in [3.63, 3.8) is 0 Å². The van der Waals surface area contributed by atoms with Gasteiger partial charge in [-0.2, -0.15) is 5.26 Å².